The van der Waals surface area contributed by atoms with Gasteiger partial charge in [-0.15, -0.1) is 0 Å². The molecular weight excluding hydrogens is 367 g/mol. The van der Waals surface area contributed by atoms with E-state index in [1.807, 2.05) is 0 Å². The zero-order valence-electron chi connectivity index (χ0n) is 15.5. The second kappa shape index (κ2) is 9.06. The molecule has 26 heavy (non-hydrogen) atoms. The SMILES string of the molecule is O=C1CC2CC/C=C\CCC2C1.O=C1CC2CC/C=C\CCC2C1(Cl)Cl. The predicted octanol–water partition coefficient (Wildman–Crippen LogP) is 6.21. The highest BCUT2D eigenvalue weighted by Crippen LogP contribution is 2.49. The molecule has 4 rings (SSSR count). The lowest BCUT2D eigenvalue weighted by atomic mass is 9.86. The molecule has 144 valence electrons. The van der Waals surface area contributed by atoms with Crippen LogP contribution in [0.2, 0.25) is 0 Å². The van der Waals surface area contributed by atoms with E-state index in [0.717, 1.165) is 50.4 Å². The maximum absolute atomic E-state index is 11.6. The summed E-state index contributed by atoms with van der Waals surface area (Å²) in [5.41, 5.74) is 0. The molecule has 4 heteroatoms. The molecule has 0 N–H and O–H groups in total. The zero-order chi connectivity index (χ0) is 18.6. The van der Waals surface area contributed by atoms with Crippen LogP contribution in [0.3, 0.4) is 0 Å². The quantitative estimate of drug-likeness (QED) is 0.360. The van der Waals surface area contributed by atoms with Gasteiger partial charge in [-0.3, -0.25) is 9.59 Å². The number of hydrogen-bond acceptors (Lipinski definition) is 2. The lowest BCUT2D eigenvalue weighted by Crippen LogP contribution is -2.29. The van der Waals surface area contributed by atoms with E-state index in [1.54, 1.807) is 0 Å². The molecule has 0 aliphatic heterocycles. The second-order valence-corrected chi connectivity index (χ2v) is 9.72. The second-order valence-electron chi connectivity index (χ2n) is 8.34. The Morgan fingerprint density at radius 2 is 1.15 bits per heavy atom. The molecule has 4 aliphatic rings. The fraction of sp³-hybridized carbons (Fsp3) is 0.727. The first-order chi connectivity index (χ1) is 12.5. The number of carbonyl (C=O) groups excluding carboxylic acids is 2. The van der Waals surface area contributed by atoms with Gasteiger partial charge in [-0.1, -0.05) is 47.5 Å². The van der Waals surface area contributed by atoms with E-state index in [2.05, 4.69) is 24.3 Å². The van der Waals surface area contributed by atoms with Gasteiger partial charge >= 0.3 is 0 Å². The number of allylic oxidation sites excluding steroid dienone is 4. The average molecular weight is 397 g/mol. The average Bonchev–Trinajstić information content (AvgIpc) is 2.98. The topological polar surface area (TPSA) is 34.1 Å². The van der Waals surface area contributed by atoms with E-state index < -0.39 is 4.33 Å². The third kappa shape index (κ3) is 4.81. The highest BCUT2D eigenvalue weighted by molar-refractivity contribution is 6.59. The van der Waals surface area contributed by atoms with Crippen LogP contribution in [-0.2, 0) is 9.59 Å². The van der Waals surface area contributed by atoms with E-state index in [9.17, 15) is 9.59 Å². The van der Waals surface area contributed by atoms with Crippen LogP contribution in [-0.4, -0.2) is 15.9 Å². The number of rotatable bonds is 0. The predicted molar refractivity (Wildman–Crippen MR) is 107 cm³/mol. The van der Waals surface area contributed by atoms with E-state index >= 15 is 0 Å². The van der Waals surface area contributed by atoms with Crippen LogP contribution in [0.25, 0.3) is 0 Å². The number of carbonyl (C=O) groups is 2. The monoisotopic (exact) mass is 396 g/mol. The Kier molecular flexibility index (Phi) is 7.02. The Morgan fingerprint density at radius 3 is 1.69 bits per heavy atom. The number of Topliss-reactive ketones (excluding diaryl/α,β-unsaturated/α-hetero) is 2. The molecule has 4 atom stereocenters. The van der Waals surface area contributed by atoms with Gasteiger partial charge in [0.15, 0.2) is 10.1 Å². The molecule has 0 bridgehead atoms. The summed E-state index contributed by atoms with van der Waals surface area (Å²) in [7, 11) is 0. The highest BCUT2D eigenvalue weighted by Gasteiger charge is 2.51. The van der Waals surface area contributed by atoms with Gasteiger partial charge in [-0.25, -0.2) is 0 Å². The van der Waals surface area contributed by atoms with Crippen LogP contribution in [0.1, 0.15) is 70.6 Å². The van der Waals surface area contributed by atoms with Crippen LogP contribution in [0, 0.1) is 23.7 Å². The summed E-state index contributed by atoms with van der Waals surface area (Å²) in [4.78, 5) is 22.8. The normalized spacial score (nSPS) is 38.5. The van der Waals surface area contributed by atoms with Crippen LogP contribution >= 0.6 is 23.2 Å². The lowest BCUT2D eigenvalue weighted by molar-refractivity contribution is -0.118. The van der Waals surface area contributed by atoms with Crippen molar-refractivity contribution in [2.75, 3.05) is 0 Å². The molecule has 2 fully saturated rings. The third-order valence-electron chi connectivity index (χ3n) is 6.59. The van der Waals surface area contributed by atoms with Crippen LogP contribution in [0.4, 0.5) is 0 Å². The lowest BCUT2D eigenvalue weighted by Gasteiger charge is -2.25. The van der Waals surface area contributed by atoms with Gasteiger partial charge in [0.2, 0.25) is 0 Å². The van der Waals surface area contributed by atoms with Crippen molar-refractivity contribution in [2.45, 2.75) is 75.0 Å². The van der Waals surface area contributed by atoms with Gasteiger partial charge in [0.25, 0.3) is 0 Å². The Balaban J connectivity index is 0.000000152. The molecule has 0 radical (unpaired) electrons. The summed E-state index contributed by atoms with van der Waals surface area (Å²) in [5, 5.41) is 0. The number of hydrogen-bond donors (Lipinski definition) is 0. The first-order valence-electron chi connectivity index (χ1n) is 10.2. The maximum Gasteiger partial charge on any atom is 0.178 e. The molecule has 0 heterocycles. The fourth-order valence-corrected chi connectivity index (χ4v) is 5.82. The van der Waals surface area contributed by atoms with Gasteiger partial charge < -0.3 is 0 Å². The largest absolute Gasteiger partial charge is 0.300 e. The van der Waals surface area contributed by atoms with E-state index in [-0.39, 0.29) is 11.7 Å². The number of alkyl halides is 2. The van der Waals surface area contributed by atoms with Gasteiger partial charge in [-0.05, 0) is 69.1 Å². The van der Waals surface area contributed by atoms with Crippen molar-refractivity contribution in [3.8, 4) is 0 Å². The minimum absolute atomic E-state index is 0.0257. The van der Waals surface area contributed by atoms with Crippen LogP contribution < -0.4 is 0 Å². The zero-order valence-corrected chi connectivity index (χ0v) is 17.0. The minimum Gasteiger partial charge on any atom is -0.300 e. The highest BCUT2D eigenvalue weighted by atomic mass is 35.5. The van der Waals surface area contributed by atoms with Gasteiger partial charge in [0, 0.05) is 25.2 Å². The van der Waals surface area contributed by atoms with Crippen molar-refractivity contribution in [3.63, 3.8) is 0 Å². The summed E-state index contributed by atoms with van der Waals surface area (Å²) in [5.74, 6) is 2.56. The minimum atomic E-state index is -1.10. The molecule has 0 spiro atoms. The summed E-state index contributed by atoms with van der Waals surface area (Å²) in [6, 6.07) is 0. The first-order valence-corrected chi connectivity index (χ1v) is 11.0. The molecule has 0 aromatic rings. The van der Waals surface area contributed by atoms with E-state index in [4.69, 9.17) is 23.2 Å². The molecule has 0 amide bonds. The van der Waals surface area contributed by atoms with Crippen molar-refractivity contribution in [1.82, 2.24) is 0 Å². The summed E-state index contributed by atoms with van der Waals surface area (Å²) >= 11 is 12.2. The molecule has 0 aromatic carbocycles. The van der Waals surface area contributed by atoms with E-state index in [0.29, 0.717) is 18.1 Å². The third-order valence-corrected chi connectivity index (χ3v) is 7.57. The van der Waals surface area contributed by atoms with Gasteiger partial charge in [-0.2, -0.15) is 0 Å². The summed E-state index contributed by atoms with van der Waals surface area (Å²) < 4.78 is -1.10. The maximum atomic E-state index is 11.6. The van der Waals surface area contributed by atoms with Crippen molar-refractivity contribution in [2.24, 2.45) is 23.7 Å². The van der Waals surface area contributed by atoms with Crippen molar-refractivity contribution in [1.29, 1.82) is 0 Å². The fourth-order valence-electron chi connectivity index (χ4n) is 5.09. The van der Waals surface area contributed by atoms with Gasteiger partial charge in [0.05, 0.1) is 0 Å². The van der Waals surface area contributed by atoms with Gasteiger partial charge in [0.1, 0.15) is 5.78 Å². The van der Waals surface area contributed by atoms with Crippen LogP contribution in [0.15, 0.2) is 24.3 Å². The number of halogens is 2. The first kappa shape index (κ1) is 20.1. The summed E-state index contributed by atoms with van der Waals surface area (Å²) in [6.07, 6.45) is 20.2. The Hall–Kier alpha value is -0.600. The molecule has 4 aliphatic carbocycles. The Morgan fingerprint density at radius 1 is 0.692 bits per heavy atom. The van der Waals surface area contributed by atoms with Crippen molar-refractivity contribution in [3.05, 3.63) is 24.3 Å². The van der Waals surface area contributed by atoms with Crippen LogP contribution in [0.5, 0.6) is 0 Å². The molecule has 0 saturated heterocycles. The molecule has 2 saturated carbocycles. The van der Waals surface area contributed by atoms with Crippen molar-refractivity contribution >= 4 is 34.8 Å². The van der Waals surface area contributed by atoms with E-state index in [1.165, 1.54) is 25.7 Å². The molecular formula is C22H30Cl2O2. The summed E-state index contributed by atoms with van der Waals surface area (Å²) in [6.45, 7) is 0. The molecule has 2 nitrogen and oxygen atoms in total. The van der Waals surface area contributed by atoms with Crippen molar-refractivity contribution < 1.29 is 9.59 Å². The number of ketones is 2. The molecule has 0 aromatic heterocycles. The standard InChI is InChI=1S/C11H14Cl2O.C11H16O/c12-11(13)9-6-4-2-1-3-5-8(9)7-10(11)14;12-11-7-9-5-3-1-2-4-6-10(9)8-11/h1-2,8-9H,3-7H2;1-2,9-10H,3-8H2/b2*2-1-. The number of fused-ring (bicyclic) bond motifs is 2. The molecule has 4 unspecified atom stereocenters. The Labute approximate surface area is 167 Å². The Bertz CT molecular complexity index is 559. The smallest absolute Gasteiger partial charge is 0.178 e.